The lowest BCUT2D eigenvalue weighted by molar-refractivity contribution is 0.287. The molecule has 0 bridgehead atoms. The van der Waals surface area contributed by atoms with Crippen LogP contribution in [0.4, 0.5) is 0 Å². The van der Waals surface area contributed by atoms with Gasteiger partial charge in [-0.05, 0) is 30.0 Å². The van der Waals surface area contributed by atoms with Gasteiger partial charge in [-0.25, -0.2) is 5.84 Å². The van der Waals surface area contributed by atoms with Crippen LogP contribution in [0, 0.1) is 0 Å². The van der Waals surface area contributed by atoms with Gasteiger partial charge in [0.15, 0.2) is 0 Å². The van der Waals surface area contributed by atoms with Crippen LogP contribution in [0.15, 0.2) is 30.3 Å². The molecular weight excluding hydrogens is 232 g/mol. The highest BCUT2D eigenvalue weighted by Gasteiger charge is 1.93. The van der Waals surface area contributed by atoms with Crippen LogP contribution in [-0.4, -0.2) is 15.8 Å². The summed E-state index contributed by atoms with van der Waals surface area (Å²) in [6.45, 7) is 0.448. The molecule has 6 heteroatoms. The van der Waals surface area contributed by atoms with Gasteiger partial charge in [0.25, 0.3) is 5.17 Å². The van der Waals surface area contributed by atoms with Crippen molar-refractivity contribution in [3.8, 4) is 0 Å². The Morgan fingerprint density at radius 1 is 1.47 bits per heavy atom. The number of nitrogens with two attached hydrogens (primary N) is 1. The molecule has 1 aromatic rings. The van der Waals surface area contributed by atoms with E-state index in [4.69, 9.17) is 27.9 Å². The SMILES string of the molecule is NNC(=S)OCc1ccccc1.OC=S. The molecule has 0 unspecified atom stereocenters. The van der Waals surface area contributed by atoms with E-state index < -0.39 is 0 Å². The van der Waals surface area contributed by atoms with Gasteiger partial charge < -0.3 is 9.84 Å². The Labute approximate surface area is 99.0 Å². The summed E-state index contributed by atoms with van der Waals surface area (Å²) in [5.41, 5.74) is 3.89. The van der Waals surface area contributed by atoms with E-state index in [0.717, 1.165) is 5.56 Å². The first-order valence-electron chi connectivity index (χ1n) is 3.99. The molecule has 0 amide bonds. The third-order valence-electron chi connectivity index (χ3n) is 1.33. The minimum absolute atomic E-state index is 0.207. The van der Waals surface area contributed by atoms with Crippen molar-refractivity contribution >= 4 is 35.2 Å². The first kappa shape index (κ1) is 13.8. The Morgan fingerprint density at radius 2 is 2.00 bits per heavy atom. The Morgan fingerprint density at radius 3 is 2.47 bits per heavy atom. The molecule has 0 radical (unpaired) electrons. The quantitative estimate of drug-likeness (QED) is 0.416. The third kappa shape index (κ3) is 7.80. The van der Waals surface area contributed by atoms with E-state index >= 15 is 0 Å². The van der Waals surface area contributed by atoms with E-state index in [-0.39, 0.29) is 5.17 Å². The Kier molecular flexibility index (Phi) is 8.55. The van der Waals surface area contributed by atoms with Crippen LogP contribution in [0.1, 0.15) is 5.56 Å². The molecule has 0 atom stereocenters. The molecule has 0 fully saturated rings. The second-order valence-corrected chi connectivity index (χ2v) is 2.89. The summed E-state index contributed by atoms with van der Waals surface area (Å²) in [7, 11) is 0. The summed E-state index contributed by atoms with van der Waals surface area (Å²) in [6, 6.07) is 9.75. The lowest BCUT2D eigenvalue weighted by Gasteiger charge is -2.05. The monoisotopic (exact) mass is 244 g/mol. The Balaban J connectivity index is 0.000000583. The predicted molar refractivity (Wildman–Crippen MR) is 67.4 cm³/mol. The fourth-order valence-electron chi connectivity index (χ4n) is 0.765. The summed E-state index contributed by atoms with van der Waals surface area (Å²) >= 11 is 8.52. The van der Waals surface area contributed by atoms with Gasteiger partial charge in [-0.15, -0.1) is 0 Å². The minimum Gasteiger partial charge on any atom is -0.504 e. The van der Waals surface area contributed by atoms with E-state index in [1.165, 1.54) is 0 Å². The number of hydrazine groups is 1. The first-order valence-corrected chi connectivity index (χ1v) is 4.87. The third-order valence-corrected chi connectivity index (χ3v) is 1.57. The molecule has 0 spiro atoms. The van der Waals surface area contributed by atoms with Crippen LogP contribution in [0.2, 0.25) is 0 Å². The van der Waals surface area contributed by atoms with Gasteiger partial charge in [0.2, 0.25) is 0 Å². The number of thiocarbonyl (C=S) groups is 2. The lowest BCUT2D eigenvalue weighted by Crippen LogP contribution is -2.30. The highest BCUT2D eigenvalue weighted by molar-refractivity contribution is 7.80. The Bertz CT molecular complexity index is 293. The zero-order valence-electron chi connectivity index (χ0n) is 7.92. The zero-order chi connectivity index (χ0) is 11.5. The van der Waals surface area contributed by atoms with Crippen molar-refractivity contribution in [2.45, 2.75) is 6.61 Å². The van der Waals surface area contributed by atoms with Crippen LogP contribution in [0.5, 0.6) is 0 Å². The molecule has 15 heavy (non-hydrogen) atoms. The van der Waals surface area contributed by atoms with Crippen LogP contribution >= 0.6 is 24.4 Å². The van der Waals surface area contributed by atoms with Crippen molar-refractivity contribution < 1.29 is 9.84 Å². The molecule has 4 nitrogen and oxygen atoms in total. The molecule has 82 valence electrons. The van der Waals surface area contributed by atoms with E-state index in [1.807, 2.05) is 30.3 Å². The van der Waals surface area contributed by atoms with E-state index in [1.54, 1.807) is 0 Å². The second kappa shape index (κ2) is 9.32. The number of hydrogen-bond acceptors (Lipinski definition) is 4. The molecule has 0 aliphatic heterocycles. The molecule has 4 N–H and O–H groups in total. The van der Waals surface area contributed by atoms with Gasteiger partial charge in [-0.1, -0.05) is 30.3 Å². The summed E-state index contributed by atoms with van der Waals surface area (Å²) < 4.78 is 5.07. The van der Waals surface area contributed by atoms with Crippen molar-refractivity contribution in [2.75, 3.05) is 0 Å². The van der Waals surface area contributed by atoms with Gasteiger partial charge >= 0.3 is 0 Å². The van der Waals surface area contributed by atoms with E-state index in [0.29, 0.717) is 12.2 Å². The van der Waals surface area contributed by atoms with Crippen molar-refractivity contribution in [3.63, 3.8) is 0 Å². The summed E-state index contributed by atoms with van der Waals surface area (Å²) in [5.74, 6) is 5.02. The number of nitrogens with one attached hydrogen (secondary N) is 1. The zero-order valence-corrected chi connectivity index (χ0v) is 9.55. The van der Waals surface area contributed by atoms with Gasteiger partial charge in [0, 0.05) is 0 Å². The largest absolute Gasteiger partial charge is 0.504 e. The maximum Gasteiger partial charge on any atom is 0.271 e. The summed E-state index contributed by atoms with van der Waals surface area (Å²) in [5, 5.41) is 7.47. The van der Waals surface area contributed by atoms with Gasteiger partial charge in [-0.2, -0.15) is 0 Å². The average Bonchev–Trinajstić information content (AvgIpc) is 2.28. The molecule has 0 saturated carbocycles. The van der Waals surface area contributed by atoms with Crippen molar-refractivity contribution in [1.82, 2.24) is 5.43 Å². The first-order chi connectivity index (χ1) is 7.24. The van der Waals surface area contributed by atoms with Gasteiger partial charge in [0.1, 0.15) is 12.2 Å². The number of benzene rings is 1. The van der Waals surface area contributed by atoms with Gasteiger partial charge in [0.05, 0.1) is 0 Å². The standard InChI is InChI=1S/C8H10N2OS.CH2OS/c9-10-8(12)11-6-7-4-2-1-3-5-7;2-1-3/h1-5H,6,9H2,(H,10,12);1H,(H,2,3). The topological polar surface area (TPSA) is 67.5 Å². The predicted octanol–water partition coefficient (Wildman–Crippen LogP) is 1.45. The van der Waals surface area contributed by atoms with Crippen LogP contribution in [-0.2, 0) is 11.3 Å². The molecule has 0 aromatic heterocycles. The summed E-state index contributed by atoms with van der Waals surface area (Å²) in [6.07, 6.45) is 0. The second-order valence-electron chi connectivity index (χ2n) is 2.31. The molecule has 0 saturated heterocycles. The van der Waals surface area contributed by atoms with E-state index in [9.17, 15) is 0 Å². The lowest BCUT2D eigenvalue weighted by atomic mass is 10.2. The molecule has 1 aromatic carbocycles. The van der Waals surface area contributed by atoms with Crippen LogP contribution in [0.25, 0.3) is 0 Å². The highest BCUT2D eigenvalue weighted by Crippen LogP contribution is 1.99. The smallest absolute Gasteiger partial charge is 0.271 e. The maximum atomic E-state index is 7.26. The van der Waals surface area contributed by atoms with E-state index in [2.05, 4.69) is 17.6 Å². The normalized spacial score (nSPS) is 8.07. The minimum atomic E-state index is 0.207. The average molecular weight is 244 g/mol. The number of aliphatic hydroxyl groups is 1. The fraction of sp³-hybridized carbons (Fsp3) is 0.111. The maximum absolute atomic E-state index is 7.26. The molecule has 0 heterocycles. The van der Waals surface area contributed by atoms with Crippen LogP contribution < -0.4 is 11.3 Å². The molecule has 0 aliphatic carbocycles. The summed E-state index contributed by atoms with van der Waals surface area (Å²) in [4.78, 5) is 0. The molecule has 0 aliphatic rings. The number of aliphatic hydroxyl groups excluding tert-OH is 1. The number of hydrogen-bond donors (Lipinski definition) is 3. The molecular formula is C9H12N2O2S2. The van der Waals surface area contributed by atoms with Crippen molar-refractivity contribution in [2.24, 2.45) is 5.84 Å². The van der Waals surface area contributed by atoms with Crippen LogP contribution in [0.3, 0.4) is 0 Å². The Hall–Kier alpha value is -1.24. The fourth-order valence-corrected chi connectivity index (χ4v) is 0.824. The number of ether oxygens (including phenoxy) is 1. The highest BCUT2D eigenvalue weighted by atomic mass is 32.1. The van der Waals surface area contributed by atoms with Crippen molar-refractivity contribution in [3.05, 3.63) is 35.9 Å². The molecule has 1 rings (SSSR count). The van der Waals surface area contributed by atoms with Gasteiger partial charge in [-0.3, -0.25) is 5.43 Å². The number of rotatable bonds is 2. The van der Waals surface area contributed by atoms with Crippen molar-refractivity contribution in [1.29, 1.82) is 0 Å².